The van der Waals surface area contributed by atoms with Crippen LogP contribution in [-0.4, -0.2) is 25.5 Å². The van der Waals surface area contributed by atoms with Gasteiger partial charge in [-0.15, -0.1) is 0 Å². The zero-order chi connectivity index (χ0) is 14.8. The van der Waals surface area contributed by atoms with Crippen LogP contribution in [-0.2, 0) is 14.8 Å². The van der Waals surface area contributed by atoms with Crippen molar-refractivity contribution >= 4 is 22.1 Å². The number of carboxylic acid groups (broad SMARTS) is 1. The summed E-state index contributed by atoms with van der Waals surface area (Å²) in [7, 11) is -3.86. The van der Waals surface area contributed by atoms with Gasteiger partial charge < -0.3 is 5.11 Å². The number of sulfonamides is 1. The van der Waals surface area contributed by atoms with E-state index >= 15 is 0 Å². The molecule has 1 saturated carbocycles. The van der Waals surface area contributed by atoms with Crippen LogP contribution in [0.5, 0.6) is 0 Å². The van der Waals surface area contributed by atoms with Crippen molar-refractivity contribution in [1.29, 1.82) is 0 Å². The summed E-state index contributed by atoms with van der Waals surface area (Å²) in [4.78, 5) is 9.94. The highest BCUT2D eigenvalue weighted by molar-refractivity contribution is 7.89. The van der Waals surface area contributed by atoms with E-state index in [1.165, 1.54) is 12.1 Å². The fraction of sp³-hybridized carbons (Fsp3) is 0.308. The zero-order valence-electron chi connectivity index (χ0n) is 10.5. The molecule has 2 N–H and O–H groups in total. The summed E-state index contributed by atoms with van der Waals surface area (Å²) in [5.74, 6) is -2.06. The van der Waals surface area contributed by atoms with E-state index in [-0.39, 0.29) is 11.6 Å². The molecule has 0 radical (unpaired) electrons. The van der Waals surface area contributed by atoms with E-state index in [1.54, 1.807) is 0 Å². The maximum atomic E-state index is 13.8. The Morgan fingerprint density at radius 3 is 2.60 bits per heavy atom. The summed E-state index contributed by atoms with van der Waals surface area (Å²) < 4.78 is 40.2. The van der Waals surface area contributed by atoms with E-state index in [9.17, 15) is 17.6 Å². The van der Waals surface area contributed by atoms with Crippen molar-refractivity contribution in [3.05, 3.63) is 35.7 Å². The maximum absolute atomic E-state index is 13.8. The van der Waals surface area contributed by atoms with E-state index in [0.29, 0.717) is 0 Å². The van der Waals surface area contributed by atoms with Crippen molar-refractivity contribution in [2.24, 2.45) is 0 Å². The molecule has 0 aromatic heterocycles. The van der Waals surface area contributed by atoms with E-state index < -0.39 is 26.7 Å². The Balaban J connectivity index is 2.22. The molecule has 1 fully saturated rings. The summed E-state index contributed by atoms with van der Waals surface area (Å²) in [5, 5.41) is 8.47. The number of carbonyl (C=O) groups is 1. The molecular weight excluding hydrogens is 285 g/mol. The Bertz CT molecular complexity index is 650. The lowest BCUT2D eigenvalue weighted by Gasteiger charge is -2.26. The molecule has 0 bridgehead atoms. The predicted molar refractivity (Wildman–Crippen MR) is 71.0 cm³/mol. The molecule has 7 heteroatoms. The Morgan fingerprint density at radius 1 is 1.40 bits per heavy atom. The summed E-state index contributed by atoms with van der Waals surface area (Å²) in [6.45, 7) is 0. The SMILES string of the molecule is O=C(O)/C=C/c1ccc(S(=O)(=O)NC2CCC2)c(F)c1. The summed E-state index contributed by atoms with van der Waals surface area (Å²) in [6, 6.07) is 3.37. The molecule has 0 aliphatic heterocycles. The van der Waals surface area contributed by atoms with E-state index in [0.717, 1.165) is 37.5 Å². The number of benzene rings is 1. The molecule has 0 unspecified atom stereocenters. The molecule has 2 rings (SSSR count). The van der Waals surface area contributed by atoms with Crippen LogP contribution in [0, 0.1) is 5.82 Å². The Kier molecular flexibility index (Phi) is 4.20. The van der Waals surface area contributed by atoms with Gasteiger partial charge in [0.15, 0.2) is 0 Å². The monoisotopic (exact) mass is 299 g/mol. The van der Waals surface area contributed by atoms with Crippen molar-refractivity contribution < 1.29 is 22.7 Å². The molecule has 1 aromatic rings. The molecule has 108 valence electrons. The standard InChI is InChI=1S/C13H14FNO4S/c14-11-8-9(5-7-13(16)17)4-6-12(11)20(18,19)15-10-2-1-3-10/h4-8,10,15H,1-3H2,(H,16,17)/b7-5+. The van der Waals surface area contributed by atoms with Crippen LogP contribution >= 0.6 is 0 Å². The quantitative estimate of drug-likeness (QED) is 0.811. The highest BCUT2D eigenvalue weighted by Crippen LogP contribution is 2.23. The topological polar surface area (TPSA) is 83.5 Å². The fourth-order valence-electron chi connectivity index (χ4n) is 1.82. The van der Waals surface area contributed by atoms with Gasteiger partial charge in [0.25, 0.3) is 0 Å². The second-order valence-electron chi connectivity index (χ2n) is 4.61. The molecular formula is C13H14FNO4S. The van der Waals surface area contributed by atoms with Crippen LogP contribution in [0.2, 0.25) is 0 Å². The second kappa shape index (κ2) is 5.72. The minimum atomic E-state index is -3.86. The van der Waals surface area contributed by atoms with Crippen molar-refractivity contribution in [1.82, 2.24) is 4.72 Å². The minimum absolute atomic E-state index is 0.119. The average Bonchev–Trinajstić information content (AvgIpc) is 2.31. The molecule has 1 aliphatic rings. The summed E-state index contributed by atoms with van der Waals surface area (Å²) in [6.07, 6.45) is 4.55. The smallest absolute Gasteiger partial charge is 0.328 e. The van der Waals surface area contributed by atoms with Crippen molar-refractivity contribution in [3.8, 4) is 0 Å². The van der Waals surface area contributed by atoms with E-state index in [1.807, 2.05) is 0 Å². The molecule has 0 amide bonds. The van der Waals surface area contributed by atoms with E-state index in [2.05, 4.69) is 4.72 Å². The molecule has 5 nitrogen and oxygen atoms in total. The number of halogens is 1. The van der Waals surface area contributed by atoms with Crippen LogP contribution in [0.15, 0.2) is 29.2 Å². The van der Waals surface area contributed by atoms with Gasteiger partial charge in [0.2, 0.25) is 10.0 Å². The van der Waals surface area contributed by atoms with Gasteiger partial charge >= 0.3 is 5.97 Å². The number of carboxylic acids is 1. The molecule has 20 heavy (non-hydrogen) atoms. The first-order valence-corrected chi connectivity index (χ1v) is 7.60. The van der Waals surface area contributed by atoms with Gasteiger partial charge in [0, 0.05) is 12.1 Å². The fourth-order valence-corrected chi connectivity index (χ4v) is 3.18. The lowest BCUT2D eigenvalue weighted by molar-refractivity contribution is -0.131. The Labute approximate surface area is 116 Å². The average molecular weight is 299 g/mol. The number of hydrogen-bond acceptors (Lipinski definition) is 3. The first kappa shape index (κ1) is 14.7. The first-order valence-electron chi connectivity index (χ1n) is 6.11. The molecule has 1 aromatic carbocycles. The van der Waals surface area contributed by atoms with Crippen molar-refractivity contribution in [3.63, 3.8) is 0 Å². The van der Waals surface area contributed by atoms with Gasteiger partial charge in [-0.2, -0.15) is 0 Å². The van der Waals surface area contributed by atoms with Crippen LogP contribution < -0.4 is 4.72 Å². The third kappa shape index (κ3) is 3.43. The lowest BCUT2D eigenvalue weighted by atomic mass is 9.94. The highest BCUT2D eigenvalue weighted by atomic mass is 32.2. The molecule has 0 atom stereocenters. The third-order valence-corrected chi connectivity index (χ3v) is 4.64. The molecule has 0 heterocycles. The van der Waals surface area contributed by atoms with Crippen LogP contribution in [0.3, 0.4) is 0 Å². The predicted octanol–water partition coefficient (Wildman–Crippen LogP) is 1.75. The molecule has 1 aliphatic carbocycles. The second-order valence-corrected chi connectivity index (χ2v) is 6.29. The van der Waals surface area contributed by atoms with E-state index in [4.69, 9.17) is 5.11 Å². The van der Waals surface area contributed by atoms with Gasteiger partial charge in [0.1, 0.15) is 10.7 Å². The Morgan fingerprint density at radius 2 is 2.10 bits per heavy atom. The molecule has 0 saturated heterocycles. The maximum Gasteiger partial charge on any atom is 0.328 e. The number of nitrogens with one attached hydrogen (secondary N) is 1. The van der Waals surface area contributed by atoms with Crippen LogP contribution in [0.1, 0.15) is 24.8 Å². The Hall–Kier alpha value is -1.73. The lowest BCUT2D eigenvalue weighted by Crippen LogP contribution is -2.39. The van der Waals surface area contributed by atoms with Gasteiger partial charge in [0.05, 0.1) is 0 Å². The van der Waals surface area contributed by atoms with Crippen molar-refractivity contribution in [2.75, 3.05) is 0 Å². The minimum Gasteiger partial charge on any atom is -0.478 e. The highest BCUT2D eigenvalue weighted by Gasteiger charge is 2.26. The summed E-state index contributed by atoms with van der Waals surface area (Å²) in [5.41, 5.74) is 0.285. The van der Waals surface area contributed by atoms with Gasteiger partial charge in [-0.1, -0.05) is 12.5 Å². The van der Waals surface area contributed by atoms with Gasteiger partial charge in [-0.05, 0) is 36.6 Å². The normalized spacial score (nSPS) is 16.2. The largest absolute Gasteiger partial charge is 0.478 e. The van der Waals surface area contributed by atoms with Crippen molar-refractivity contribution in [2.45, 2.75) is 30.2 Å². The number of rotatable bonds is 5. The van der Waals surface area contributed by atoms with Gasteiger partial charge in [-0.25, -0.2) is 22.3 Å². The molecule has 0 spiro atoms. The van der Waals surface area contributed by atoms with Gasteiger partial charge in [-0.3, -0.25) is 0 Å². The number of hydrogen-bond donors (Lipinski definition) is 2. The number of aliphatic carboxylic acids is 1. The van der Waals surface area contributed by atoms with Crippen LogP contribution in [0.4, 0.5) is 4.39 Å². The third-order valence-electron chi connectivity index (χ3n) is 3.09. The zero-order valence-corrected chi connectivity index (χ0v) is 11.4. The summed E-state index contributed by atoms with van der Waals surface area (Å²) >= 11 is 0. The first-order chi connectivity index (χ1) is 9.38. The van der Waals surface area contributed by atoms with Crippen LogP contribution in [0.25, 0.3) is 6.08 Å².